The fourth-order valence-electron chi connectivity index (χ4n) is 1.71. The van der Waals surface area contributed by atoms with Crippen molar-refractivity contribution >= 4 is 38.9 Å². The van der Waals surface area contributed by atoms with Crippen LogP contribution in [0.25, 0.3) is 0 Å². The Hall–Kier alpha value is -2.49. The largest absolute Gasteiger partial charge is 0.408 e. The van der Waals surface area contributed by atoms with E-state index in [0.29, 0.717) is 11.3 Å². The van der Waals surface area contributed by atoms with Crippen molar-refractivity contribution in [2.75, 3.05) is 5.32 Å². The minimum absolute atomic E-state index is 0.105. The molecule has 2 aromatic rings. The normalized spacial score (nSPS) is 10.4. The summed E-state index contributed by atoms with van der Waals surface area (Å²) in [7, 11) is 1.58. The maximum absolute atomic E-state index is 11.0. The Morgan fingerprint density at radius 2 is 1.95 bits per heavy atom. The molecule has 0 radical (unpaired) electrons. The van der Waals surface area contributed by atoms with Crippen LogP contribution in [-0.4, -0.2) is 19.4 Å². The first kappa shape index (κ1) is 14.9. The number of nitro groups is 2. The van der Waals surface area contributed by atoms with Crippen molar-refractivity contribution in [1.82, 2.24) is 9.55 Å². The highest BCUT2D eigenvalue weighted by Crippen LogP contribution is 2.32. The lowest BCUT2D eigenvalue weighted by molar-refractivity contribution is -0.388. The number of hydrogen-bond acceptors (Lipinski definition) is 6. The summed E-state index contributed by atoms with van der Waals surface area (Å²) in [5.74, 6) is -0.231. The van der Waals surface area contributed by atoms with Gasteiger partial charge in [-0.15, -0.1) is 0 Å². The van der Waals surface area contributed by atoms with Gasteiger partial charge in [0.15, 0.2) is 0 Å². The number of nitro benzene ring substituents is 1. The van der Waals surface area contributed by atoms with E-state index >= 15 is 0 Å². The molecule has 9 nitrogen and oxygen atoms in total. The van der Waals surface area contributed by atoms with Crippen LogP contribution in [0.2, 0.25) is 0 Å². The SMILES string of the molecule is Cc1ccc([N+](=O)[O-])cc1Nc1c([N+](=O)[O-])nc(Br)n1C. The van der Waals surface area contributed by atoms with Crippen LogP contribution in [0.5, 0.6) is 0 Å². The molecule has 1 aromatic heterocycles. The van der Waals surface area contributed by atoms with E-state index in [1.807, 2.05) is 0 Å². The molecular formula is C11H10BrN5O4. The molecule has 0 saturated carbocycles. The molecular weight excluding hydrogens is 346 g/mol. The van der Waals surface area contributed by atoms with E-state index in [-0.39, 0.29) is 22.1 Å². The first-order valence-electron chi connectivity index (χ1n) is 5.70. The number of hydrogen-bond donors (Lipinski definition) is 1. The summed E-state index contributed by atoms with van der Waals surface area (Å²) in [5.41, 5.74) is 1.02. The van der Waals surface area contributed by atoms with Gasteiger partial charge in [-0.05, 0) is 22.4 Å². The summed E-state index contributed by atoms with van der Waals surface area (Å²) in [5, 5.41) is 24.6. The van der Waals surface area contributed by atoms with Gasteiger partial charge in [-0.3, -0.25) is 14.7 Å². The summed E-state index contributed by atoms with van der Waals surface area (Å²) < 4.78 is 1.72. The molecule has 0 aliphatic heterocycles. The van der Waals surface area contributed by atoms with Gasteiger partial charge in [0, 0.05) is 40.8 Å². The van der Waals surface area contributed by atoms with Crippen molar-refractivity contribution < 1.29 is 9.85 Å². The van der Waals surface area contributed by atoms with Crippen molar-refractivity contribution in [2.24, 2.45) is 7.05 Å². The van der Waals surface area contributed by atoms with Gasteiger partial charge < -0.3 is 15.4 Å². The van der Waals surface area contributed by atoms with Crippen LogP contribution in [0.3, 0.4) is 0 Å². The van der Waals surface area contributed by atoms with Gasteiger partial charge in [0.25, 0.3) is 10.4 Å². The summed E-state index contributed by atoms with van der Waals surface area (Å²) in [6.45, 7) is 1.74. The van der Waals surface area contributed by atoms with Gasteiger partial charge in [0.2, 0.25) is 5.82 Å². The quantitative estimate of drug-likeness (QED) is 0.665. The molecule has 0 amide bonds. The molecule has 0 aliphatic carbocycles. The zero-order valence-electron chi connectivity index (χ0n) is 11.0. The van der Waals surface area contributed by atoms with E-state index in [0.717, 1.165) is 0 Å². The standard InChI is InChI=1S/C11H10BrN5O4/c1-6-3-4-7(16(18)19)5-8(6)13-9-10(17(20)21)14-11(12)15(9)2/h3-5,13H,1-2H3. The minimum atomic E-state index is -0.625. The first-order chi connectivity index (χ1) is 9.81. The predicted molar refractivity (Wildman–Crippen MR) is 78.7 cm³/mol. The van der Waals surface area contributed by atoms with Crippen LogP contribution in [0.15, 0.2) is 22.9 Å². The van der Waals surface area contributed by atoms with Crippen molar-refractivity contribution in [2.45, 2.75) is 6.92 Å². The summed E-state index contributed by atoms with van der Waals surface area (Å²) in [6, 6.07) is 4.26. The van der Waals surface area contributed by atoms with Crippen LogP contribution in [0, 0.1) is 27.2 Å². The molecule has 0 fully saturated rings. The molecule has 2 rings (SSSR count). The first-order valence-corrected chi connectivity index (χ1v) is 6.49. The smallest absolute Gasteiger partial charge is 0.358 e. The number of aryl methyl sites for hydroxylation is 1. The van der Waals surface area contributed by atoms with Crippen LogP contribution >= 0.6 is 15.9 Å². The summed E-state index contributed by atoms with van der Waals surface area (Å²) in [4.78, 5) is 24.4. The van der Waals surface area contributed by atoms with Gasteiger partial charge in [-0.2, -0.15) is 0 Å². The molecule has 21 heavy (non-hydrogen) atoms. The topological polar surface area (TPSA) is 116 Å². The second-order valence-electron chi connectivity index (χ2n) is 4.25. The monoisotopic (exact) mass is 355 g/mol. The molecule has 0 bridgehead atoms. The minimum Gasteiger partial charge on any atom is -0.358 e. The zero-order chi connectivity index (χ0) is 15.7. The number of anilines is 2. The van der Waals surface area contributed by atoms with Crippen LogP contribution in [0.4, 0.5) is 23.0 Å². The second kappa shape index (κ2) is 5.48. The Kier molecular flexibility index (Phi) is 3.89. The Morgan fingerprint density at radius 3 is 2.52 bits per heavy atom. The Bertz CT molecular complexity index is 742. The number of nitrogens with zero attached hydrogens (tertiary/aromatic N) is 4. The second-order valence-corrected chi connectivity index (χ2v) is 4.96. The van der Waals surface area contributed by atoms with E-state index in [9.17, 15) is 20.2 Å². The fourth-order valence-corrected chi connectivity index (χ4v) is 2.06. The van der Waals surface area contributed by atoms with Gasteiger partial charge in [0.05, 0.1) is 4.92 Å². The van der Waals surface area contributed by atoms with Gasteiger partial charge >= 0.3 is 5.82 Å². The molecule has 0 aliphatic rings. The Balaban J connectivity index is 2.50. The molecule has 1 N–H and O–H groups in total. The molecule has 1 aromatic carbocycles. The molecule has 110 valence electrons. The van der Waals surface area contributed by atoms with E-state index in [1.54, 1.807) is 20.0 Å². The number of halogens is 1. The van der Waals surface area contributed by atoms with Crippen LogP contribution in [0.1, 0.15) is 5.56 Å². The van der Waals surface area contributed by atoms with Gasteiger partial charge in [-0.25, -0.2) is 0 Å². The number of non-ortho nitro benzene ring substituents is 1. The van der Waals surface area contributed by atoms with Crippen LogP contribution in [-0.2, 0) is 7.05 Å². The highest BCUT2D eigenvalue weighted by molar-refractivity contribution is 9.10. The number of nitrogens with one attached hydrogen (secondary N) is 1. The van der Waals surface area contributed by atoms with Crippen molar-refractivity contribution in [3.05, 3.63) is 48.7 Å². The molecule has 0 atom stereocenters. The van der Waals surface area contributed by atoms with E-state index in [2.05, 4.69) is 26.2 Å². The average Bonchev–Trinajstić information content (AvgIpc) is 2.69. The molecule has 1 heterocycles. The maximum Gasteiger partial charge on any atom is 0.408 e. The van der Waals surface area contributed by atoms with Crippen molar-refractivity contribution in [3.63, 3.8) is 0 Å². The van der Waals surface area contributed by atoms with Gasteiger partial charge in [0.1, 0.15) is 0 Å². The van der Waals surface area contributed by atoms with E-state index in [4.69, 9.17) is 0 Å². The maximum atomic E-state index is 11.0. The van der Waals surface area contributed by atoms with Gasteiger partial charge in [-0.1, -0.05) is 6.07 Å². The number of benzene rings is 1. The molecule has 10 heteroatoms. The third kappa shape index (κ3) is 2.84. The average molecular weight is 356 g/mol. The zero-order valence-corrected chi connectivity index (χ0v) is 12.6. The van der Waals surface area contributed by atoms with E-state index < -0.39 is 9.85 Å². The van der Waals surface area contributed by atoms with E-state index in [1.165, 1.54) is 16.7 Å². The Morgan fingerprint density at radius 1 is 1.29 bits per heavy atom. The Labute approximate surface area is 127 Å². The summed E-state index contributed by atoms with van der Waals surface area (Å²) >= 11 is 3.10. The summed E-state index contributed by atoms with van der Waals surface area (Å²) in [6.07, 6.45) is 0. The van der Waals surface area contributed by atoms with Crippen molar-refractivity contribution in [1.29, 1.82) is 0 Å². The third-order valence-corrected chi connectivity index (χ3v) is 3.59. The fraction of sp³-hybridized carbons (Fsp3) is 0.182. The third-order valence-electron chi connectivity index (χ3n) is 2.88. The molecule has 0 spiro atoms. The number of rotatable bonds is 4. The lowest BCUT2D eigenvalue weighted by atomic mass is 10.2. The lowest BCUT2D eigenvalue weighted by Gasteiger charge is -2.09. The molecule has 0 unspecified atom stereocenters. The van der Waals surface area contributed by atoms with Crippen molar-refractivity contribution in [3.8, 4) is 0 Å². The number of imidazole rings is 1. The van der Waals surface area contributed by atoms with Crippen LogP contribution < -0.4 is 5.32 Å². The molecule has 0 saturated heterocycles. The number of aromatic nitrogens is 2. The predicted octanol–water partition coefficient (Wildman–Crippen LogP) is 3.05. The highest BCUT2D eigenvalue weighted by atomic mass is 79.9. The lowest BCUT2D eigenvalue weighted by Crippen LogP contribution is -2.03. The highest BCUT2D eigenvalue weighted by Gasteiger charge is 2.25.